The van der Waals surface area contributed by atoms with Gasteiger partial charge >= 0.3 is 0 Å². The van der Waals surface area contributed by atoms with Crippen LogP contribution in [-0.4, -0.2) is 37.9 Å². The monoisotopic (exact) mass is 346 g/mol. The number of aryl methyl sites for hydroxylation is 1. The normalized spacial score (nSPS) is 15.8. The average molecular weight is 346 g/mol. The first-order valence-electron chi connectivity index (χ1n) is 8.18. The van der Waals surface area contributed by atoms with Gasteiger partial charge in [0.25, 0.3) is 0 Å². The van der Waals surface area contributed by atoms with Gasteiger partial charge in [-0.1, -0.05) is 29.8 Å². The standard InChI is InChI=1S/C17H22N4O2S/c1-12-3-5-13(6-4-12)15-19-20-16(24)21(15)10-7-14(22)18-11-17(23)8-2-9-17/h3-6,23H,2,7-11H2,1H3,(H,18,22)(H,20,24). The van der Waals surface area contributed by atoms with E-state index in [1.54, 1.807) is 0 Å². The molecule has 0 aliphatic heterocycles. The van der Waals surface area contributed by atoms with Crippen molar-refractivity contribution in [3.63, 3.8) is 0 Å². The van der Waals surface area contributed by atoms with Gasteiger partial charge in [0.2, 0.25) is 5.91 Å². The number of aliphatic hydroxyl groups is 1. The van der Waals surface area contributed by atoms with Crippen LogP contribution in [0.1, 0.15) is 31.2 Å². The number of nitrogens with one attached hydrogen (secondary N) is 2. The summed E-state index contributed by atoms with van der Waals surface area (Å²) in [5, 5.41) is 19.9. The molecule has 0 spiro atoms. The van der Waals surface area contributed by atoms with Crippen molar-refractivity contribution >= 4 is 18.1 Å². The fraction of sp³-hybridized carbons (Fsp3) is 0.471. The number of aromatic amines is 1. The second-order valence-corrected chi connectivity index (χ2v) is 6.86. The zero-order valence-electron chi connectivity index (χ0n) is 13.7. The highest BCUT2D eigenvalue weighted by molar-refractivity contribution is 7.71. The molecule has 1 aromatic carbocycles. The lowest BCUT2D eigenvalue weighted by Gasteiger charge is -2.36. The summed E-state index contributed by atoms with van der Waals surface area (Å²) in [5.41, 5.74) is 1.43. The van der Waals surface area contributed by atoms with E-state index in [1.165, 1.54) is 5.56 Å². The molecule has 0 saturated heterocycles. The third-order valence-electron chi connectivity index (χ3n) is 4.53. The number of aromatic nitrogens is 3. The number of hydrogen-bond donors (Lipinski definition) is 3. The number of amides is 1. The number of H-pyrrole nitrogens is 1. The molecule has 24 heavy (non-hydrogen) atoms. The van der Waals surface area contributed by atoms with E-state index < -0.39 is 5.60 Å². The Labute approximate surface area is 145 Å². The highest BCUT2D eigenvalue weighted by Gasteiger charge is 2.34. The molecule has 0 bridgehead atoms. The fourth-order valence-electron chi connectivity index (χ4n) is 2.77. The fourth-order valence-corrected chi connectivity index (χ4v) is 3.00. The molecule has 3 N–H and O–H groups in total. The van der Waals surface area contributed by atoms with E-state index in [9.17, 15) is 9.90 Å². The molecule has 1 aliphatic rings. The van der Waals surface area contributed by atoms with Crippen molar-refractivity contribution in [3.05, 3.63) is 34.6 Å². The van der Waals surface area contributed by atoms with E-state index in [0.29, 0.717) is 24.3 Å². The number of carbonyl (C=O) groups is 1. The van der Waals surface area contributed by atoms with E-state index in [1.807, 2.05) is 35.8 Å². The lowest BCUT2D eigenvalue weighted by molar-refractivity contribution is -0.123. The third-order valence-corrected chi connectivity index (χ3v) is 4.84. The van der Waals surface area contributed by atoms with Crippen molar-refractivity contribution in [2.45, 2.75) is 44.8 Å². The van der Waals surface area contributed by atoms with Gasteiger partial charge in [0.1, 0.15) is 0 Å². The average Bonchev–Trinajstić information content (AvgIpc) is 2.90. The van der Waals surface area contributed by atoms with Crippen LogP contribution in [0.15, 0.2) is 24.3 Å². The number of benzene rings is 1. The van der Waals surface area contributed by atoms with Gasteiger partial charge in [0, 0.05) is 25.1 Å². The highest BCUT2D eigenvalue weighted by Crippen LogP contribution is 2.30. The zero-order valence-corrected chi connectivity index (χ0v) is 14.5. The Morgan fingerprint density at radius 2 is 2.12 bits per heavy atom. The van der Waals surface area contributed by atoms with Crippen molar-refractivity contribution in [2.24, 2.45) is 0 Å². The Balaban J connectivity index is 1.63. The summed E-state index contributed by atoms with van der Waals surface area (Å²) in [5.74, 6) is 0.638. The van der Waals surface area contributed by atoms with E-state index in [0.717, 1.165) is 30.7 Å². The molecule has 1 aliphatic carbocycles. The first-order chi connectivity index (χ1) is 11.5. The van der Waals surface area contributed by atoms with Crippen molar-refractivity contribution in [3.8, 4) is 11.4 Å². The second kappa shape index (κ2) is 6.86. The van der Waals surface area contributed by atoms with Crippen LogP contribution in [0.3, 0.4) is 0 Å². The summed E-state index contributed by atoms with van der Waals surface area (Å²) < 4.78 is 2.33. The zero-order chi connectivity index (χ0) is 17.2. The minimum absolute atomic E-state index is 0.0896. The largest absolute Gasteiger partial charge is 0.388 e. The lowest BCUT2D eigenvalue weighted by Crippen LogP contribution is -2.47. The molecule has 2 aromatic rings. The van der Waals surface area contributed by atoms with Gasteiger partial charge < -0.3 is 10.4 Å². The Hall–Kier alpha value is -1.99. The van der Waals surface area contributed by atoms with Gasteiger partial charge in [-0.25, -0.2) is 0 Å². The minimum Gasteiger partial charge on any atom is -0.388 e. The molecule has 6 nitrogen and oxygen atoms in total. The summed E-state index contributed by atoms with van der Waals surface area (Å²) in [4.78, 5) is 12.0. The maximum Gasteiger partial charge on any atom is 0.221 e. The van der Waals surface area contributed by atoms with Crippen LogP contribution in [0.5, 0.6) is 0 Å². The van der Waals surface area contributed by atoms with Gasteiger partial charge in [-0.15, -0.1) is 0 Å². The topological polar surface area (TPSA) is 82.9 Å². The van der Waals surface area contributed by atoms with E-state index in [2.05, 4.69) is 15.5 Å². The van der Waals surface area contributed by atoms with Crippen molar-refractivity contribution in [2.75, 3.05) is 6.54 Å². The molecular formula is C17H22N4O2S. The molecule has 1 saturated carbocycles. The molecule has 128 valence electrons. The minimum atomic E-state index is -0.700. The van der Waals surface area contributed by atoms with E-state index >= 15 is 0 Å². The predicted octanol–water partition coefficient (Wildman–Crippen LogP) is 2.34. The molecule has 1 amide bonds. The van der Waals surface area contributed by atoms with Crippen molar-refractivity contribution in [1.29, 1.82) is 0 Å². The molecule has 1 heterocycles. The first-order valence-corrected chi connectivity index (χ1v) is 8.59. The van der Waals surface area contributed by atoms with Crippen molar-refractivity contribution < 1.29 is 9.90 Å². The highest BCUT2D eigenvalue weighted by atomic mass is 32.1. The summed E-state index contributed by atoms with van der Waals surface area (Å²) in [7, 11) is 0. The molecule has 0 unspecified atom stereocenters. The number of carbonyl (C=O) groups excluding carboxylic acids is 1. The maximum atomic E-state index is 12.0. The Bertz CT molecular complexity index is 775. The van der Waals surface area contributed by atoms with Crippen LogP contribution in [-0.2, 0) is 11.3 Å². The van der Waals surface area contributed by atoms with Crippen LogP contribution in [0.2, 0.25) is 0 Å². The molecule has 0 atom stereocenters. The summed E-state index contributed by atoms with van der Waals surface area (Å²) in [6, 6.07) is 8.01. The number of hydrogen-bond acceptors (Lipinski definition) is 4. The summed E-state index contributed by atoms with van der Waals surface area (Å²) >= 11 is 5.28. The molecule has 1 aromatic heterocycles. The van der Waals surface area contributed by atoms with E-state index in [-0.39, 0.29) is 5.91 Å². The molecule has 0 radical (unpaired) electrons. The molecule has 3 rings (SSSR count). The van der Waals surface area contributed by atoms with Gasteiger partial charge in [0.05, 0.1) is 5.60 Å². The predicted molar refractivity (Wildman–Crippen MR) is 94.0 cm³/mol. The molecule has 7 heteroatoms. The SMILES string of the molecule is Cc1ccc(-c2n[nH]c(=S)n2CCC(=O)NCC2(O)CCC2)cc1. The van der Waals surface area contributed by atoms with Crippen LogP contribution in [0, 0.1) is 11.7 Å². The summed E-state index contributed by atoms with van der Waals surface area (Å²) in [6.45, 7) is 2.80. The van der Waals surface area contributed by atoms with Crippen LogP contribution in [0.4, 0.5) is 0 Å². The molecule has 1 fully saturated rings. The maximum absolute atomic E-state index is 12.0. The van der Waals surface area contributed by atoms with Crippen molar-refractivity contribution in [1.82, 2.24) is 20.1 Å². The quantitative estimate of drug-likeness (QED) is 0.701. The van der Waals surface area contributed by atoms with Gasteiger partial charge in [-0.05, 0) is 38.4 Å². The van der Waals surface area contributed by atoms with Gasteiger partial charge in [-0.2, -0.15) is 5.10 Å². The second-order valence-electron chi connectivity index (χ2n) is 6.47. The number of nitrogens with zero attached hydrogens (tertiary/aromatic N) is 2. The third kappa shape index (κ3) is 3.73. The smallest absolute Gasteiger partial charge is 0.221 e. The molecular weight excluding hydrogens is 324 g/mol. The number of rotatable bonds is 6. The summed E-state index contributed by atoms with van der Waals surface area (Å²) in [6.07, 6.45) is 2.84. The Kier molecular flexibility index (Phi) is 4.82. The van der Waals surface area contributed by atoms with E-state index in [4.69, 9.17) is 12.2 Å². The van der Waals surface area contributed by atoms with Crippen LogP contribution >= 0.6 is 12.2 Å². The lowest BCUT2D eigenvalue weighted by atomic mass is 9.80. The van der Waals surface area contributed by atoms with Crippen LogP contribution < -0.4 is 5.32 Å². The van der Waals surface area contributed by atoms with Gasteiger partial charge in [-0.3, -0.25) is 14.5 Å². The Morgan fingerprint density at radius 1 is 1.42 bits per heavy atom. The van der Waals surface area contributed by atoms with Crippen LogP contribution in [0.25, 0.3) is 11.4 Å². The first kappa shape index (κ1) is 16.9. The van der Waals surface area contributed by atoms with Gasteiger partial charge in [0.15, 0.2) is 10.6 Å². The Morgan fingerprint density at radius 3 is 2.75 bits per heavy atom.